The van der Waals surface area contributed by atoms with Gasteiger partial charge in [0.25, 0.3) is 0 Å². The maximum absolute atomic E-state index is 6.11. The van der Waals surface area contributed by atoms with Crippen molar-refractivity contribution in [3.8, 4) is 11.3 Å². The van der Waals surface area contributed by atoms with Gasteiger partial charge in [0.1, 0.15) is 5.15 Å². The summed E-state index contributed by atoms with van der Waals surface area (Å²) in [5, 5.41) is 7.67. The molecule has 8 heteroatoms. The number of aromatic nitrogens is 2. The van der Waals surface area contributed by atoms with E-state index in [1.807, 2.05) is 41.9 Å². The van der Waals surface area contributed by atoms with Crippen molar-refractivity contribution in [2.24, 2.45) is 12.0 Å². The topological polar surface area (TPSA) is 54.2 Å². The van der Waals surface area contributed by atoms with Crippen LogP contribution in [0, 0.1) is 0 Å². The molecular weight excluding hydrogens is 508 g/mol. The minimum absolute atomic E-state index is 0. The fraction of sp³-hybridized carbons (Fsp3) is 0.200. The van der Waals surface area contributed by atoms with Crippen molar-refractivity contribution in [1.29, 1.82) is 0 Å². The summed E-state index contributed by atoms with van der Waals surface area (Å²) in [5.74, 6) is 0.701. The van der Waals surface area contributed by atoms with Gasteiger partial charge in [-0.05, 0) is 29.8 Å². The lowest BCUT2D eigenvalue weighted by Gasteiger charge is -2.13. The van der Waals surface area contributed by atoms with E-state index in [-0.39, 0.29) is 24.0 Å². The molecule has 0 saturated heterocycles. The van der Waals surface area contributed by atoms with Gasteiger partial charge in [0.05, 0.1) is 17.3 Å². The zero-order valence-corrected chi connectivity index (χ0v) is 19.5. The van der Waals surface area contributed by atoms with E-state index in [1.165, 1.54) is 0 Å². The summed E-state index contributed by atoms with van der Waals surface area (Å²) in [6.45, 7) is 1.21. The Morgan fingerprint density at radius 2 is 1.86 bits per heavy atom. The molecule has 1 aromatic carbocycles. The lowest BCUT2D eigenvalue weighted by molar-refractivity contribution is 0.750. The Kier molecular flexibility index (Phi) is 8.59. The van der Waals surface area contributed by atoms with Gasteiger partial charge in [0.2, 0.25) is 0 Å². The molecule has 0 spiro atoms. The molecule has 0 atom stereocenters. The zero-order valence-electron chi connectivity index (χ0n) is 15.6. The van der Waals surface area contributed by atoms with Crippen LogP contribution in [0.1, 0.15) is 11.3 Å². The van der Waals surface area contributed by atoms with Gasteiger partial charge in [-0.2, -0.15) is 0 Å². The third-order valence-electron chi connectivity index (χ3n) is 4.22. The van der Waals surface area contributed by atoms with Crippen molar-refractivity contribution in [3.63, 3.8) is 0 Å². The molecule has 5 nitrogen and oxygen atoms in total. The number of pyridine rings is 1. The fourth-order valence-electron chi connectivity index (χ4n) is 2.71. The predicted molar refractivity (Wildman–Crippen MR) is 128 cm³/mol. The van der Waals surface area contributed by atoms with Crippen molar-refractivity contribution >= 4 is 53.1 Å². The standard InChI is InChI=1S/C20H21Cl2N5.HI/c1-23-20(26-13-16-11-17(21)19(22)27(16)2)25-12-14-6-5-7-15(10-14)18-8-3-4-9-24-18;/h3-11H,12-13H2,1-2H3,(H2,23,25,26);1H. The lowest BCUT2D eigenvalue weighted by atomic mass is 10.1. The molecule has 3 aromatic rings. The minimum Gasteiger partial charge on any atom is -0.352 e. The number of nitrogens with zero attached hydrogens (tertiary/aromatic N) is 3. The summed E-state index contributed by atoms with van der Waals surface area (Å²) in [6, 6.07) is 16.0. The third kappa shape index (κ3) is 5.62. The highest BCUT2D eigenvalue weighted by molar-refractivity contribution is 14.0. The minimum atomic E-state index is 0. The maximum Gasteiger partial charge on any atom is 0.191 e. The van der Waals surface area contributed by atoms with E-state index in [2.05, 4.69) is 38.8 Å². The first-order valence-electron chi connectivity index (χ1n) is 8.53. The Bertz CT molecular complexity index is 941. The quantitative estimate of drug-likeness (QED) is 0.281. The second-order valence-electron chi connectivity index (χ2n) is 6.03. The Labute approximate surface area is 192 Å². The molecule has 2 heterocycles. The summed E-state index contributed by atoms with van der Waals surface area (Å²) in [7, 11) is 3.62. The van der Waals surface area contributed by atoms with E-state index in [0.29, 0.717) is 29.2 Å². The van der Waals surface area contributed by atoms with E-state index in [4.69, 9.17) is 23.2 Å². The van der Waals surface area contributed by atoms with Crippen LogP contribution in [-0.4, -0.2) is 22.6 Å². The van der Waals surface area contributed by atoms with E-state index in [0.717, 1.165) is 22.5 Å². The van der Waals surface area contributed by atoms with Gasteiger partial charge in [-0.15, -0.1) is 24.0 Å². The number of hydrogen-bond donors (Lipinski definition) is 2. The smallest absolute Gasteiger partial charge is 0.191 e. The Balaban J connectivity index is 0.00000280. The molecule has 3 rings (SSSR count). The molecule has 0 fully saturated rings. The highest BCUT2D eigenvalue weighted by atomic mass is 127. The summed E-state index contributed by atoms with van der Waals surface area (Å²) in [4.78, 5) is 8.67. The normalized spacial score (nSPS) is 11.1. The number of hydrogen-bond acceptors (Lipinski definition) is 2. The average Bonchev–Trinajstić information content (AvgIpc) is 2.96. The Hall–Kier alpha value is -1.77. The molecule has 0 amide bonds. The Morgan fingerprint density at radius 1 is 1.07 bits per heavy atom. The number of halogens is 3. The third-order valence-corrected chi connectivity index (χ3v) is 5.07. The second kappa shape index (κ2) is 10.7. The average molecular weight is 530 g/mol. The van der Waals surface area contributed by atoms with Crippen molar-refractivity contribution in [2.75, 3.05) is 7.05 Å². The number of guanidine groups is 1. The van der Waals surface area contributed by atoms with Crippen LogP contribution in [0.25, 0.3) is 11.3 Å². The first-order chi connectivity index (χ1) is 13.1. The van der Waals surface area contributed by atoms with Crippen LogP contribution in [0.15, 0.2) is 59.7 Å². The summed E-state index contributed by atoms with van der Waals surface area (Å²) in [5.41, 5.74) is 4.17. The molecule has 0 unspecified atom stereocenters. The van der Waals surface area contributed by atoms with Crippen LogP contribution in [0.3, 0.4) is 0 Å². The van der Waals surface area contributed by atoms with Gasteiger partial charge in [-0.3, -0.25) is 9.98 Å². The van der Waals surface area contributed by atoms with Crippen LogP contribution < -0.4 is 10.6 Å². The van der Waals surface area contributed by atoms with Crippen LogP contribution in [-0.2, 0) is 20.1 Å². The summed E-state index contributed by atoms with van der Waals surface area (Å²) >= 11 is 12.2. The zero-order chi connectivity index (χ0) is 19.2. The molecule has 0 radical (unpaired) electrons. The highest BCUT2D eigenvalue weighted by Crippen LogP contribution is 2.24. The van der Waals surface area contributed by atoms with Crippen molar-refractivity contribution < 1.29 is 0 Å². The molecule has 0 aliphatic heterocycles. The molecule has 2 N–H and O–H groups in total. The van der Waals surface area contributed by atoms with Crippen LogP contribution in [0.2, 0.25) is 10.2 Å². The maximum atomic E-state index is 6.11. The molecule has 0 aliphatic rings. The van der Waals surface area contributed by atoms with Gasteiger partial charge < -0.3 is 15.2 Å². The number of rotatable bonds is 5. The van der Waals surface area contributed by atoms with Crippen LogP contribution >= 0.6 is 47.2 Å². The SMILES string of the molecule is CN=C(NCc1cccc(-c2ccccn2)c1)NCc1cc(Cl)c(Cl)n1C.I. The van der Waals surface area contributed by atoms with Crippen molar-refractivity contribution in [2.45, 2.75) is 13.1 Å². The molecule has 0 bridgehead atoms. The lowest BCUT2D eigenvalue weighted by Crippen LogP contribution is -2.36. The van der Waals surface area contributed by atoms with Gasteiger partial charge in [0, 0.05) is 38.1 Å². The molecule has 0 aliphatic carbocycles. The second-order valence-corrected chi connectivity index (χ2v) is 6.79. The largest absolute Gasteiger partial charge is 0.352 e. The van der Waals surface area contributed by atoms with E-state index in [1.54, 1.807) is 13.2 Å². The van der Waals surface area contributed by atoms with Crippen molar-refractivity contribution in [1.82, 2.24) is 20.2 Å². The van der Waals surface area contributed by atoms with E-state index >= 15 is 0 Å². The van der Waals surface area contributed by atoms with E-state index in [9.17, 15) is 0 Å². The molecule has 28 heavy (non-hydrogen) atoms. The molecule has 2 aromatic heterocycles. The van der Waals surface area contributed by atoms with Gasteiger partial charge in [0.15, 0.2) is 5.96 Å². The molecule has 148 valence electrons. The summed E-state index contributed by atoms with van der Waals surface area (Å²) in [6.07, 6.45) is 1.80. The van der Waals surface area contributed by atoms with Crippen LogP contribution in [0.5, 0.6) is 0 Å². The van der Waals surface area contributed by atoms with Crippen molar-refractivity contribution in [3.05, 3.63) is 76.2 Å². The van der Waals surface area contributed by atoms with Gasteiger partial charge in [-0.1, -0.05) is 47.5 Å². The number of nitrogens with one attached hydrogen (secondary N) is 2. The number of aliphatic imine (C=N–C) groups is 1. The van der Waals surface area contributed by atoms with Gasteiger partial charge in [-0.25, -0.2) is 0 Å². The predicted octanol–water partition coefficient (Wildman–Crippen LogP) is 4.88. The first-order valence-corrected chi connectivity index (χ1v) is 9.28. The number of benzene rings is 1. The highest BCUT2D eigenvalue weighted by Gasteiger charge is 2.09. The first kappa shape index (κ1) is 22.5. The summed E-state index contributed by atoms with van der Waals surface area (Å²) < 4.78 is 1.85. The monoisotopic (exact) mass is 529 g/mol. The Morgan fingerprint density at radius 3 is 2.50 bits per heavy atom. The molecular formula is C20H22Cl2IN5. The van der Waals surface area contributed by atoms with E-state index < -0.39 is 0 Å². The fourth-order valence-corrected chi connectivity index (χ4v) is 3.13. The molecule has 0 saturated carbocycles. The van der Waals surface area contributed by atoms with Crippen LogP contribution in [0.4, 0.5) is 0 Å². The van der Waals surface area contributed by atoms with Gasteiger partial charge >= 0.3 is 0 Å².